The molecule has 2 rings (SSSR count). The first-order chi connectivity index (χ1) is 8.79. The van der Waals surface area contributed by atoms with Gasteiger partial charge in [-0.25, -0.2) is 4.39 Å². The molecule has 0 amide bonds. The molecule has 1 atom stereocenters. The molecule has 0 saturated heterocycles. The minimum Gasteiger partial charge on any atom is -0.469 e. The van der Waals surface area contributed by atoms with Crippen molar-refractivity contribution in [1.82, 2.24) is 10.3 Å². The van der Waals surface area contributed by atoms with Crippen LogP contribution in [0.5, 0.6) is 0 Å². The standard InChI is InChI=1S/C14H17FN2O/c1-2-7-16-14(9-12-4-3-8-18-12)13-6-5-11(15)10-17-13/h3-6,8,10,14,16H,2,7,9H2,1H3. The summed E-state index contributed by atoms with van der Waals surface area (Å²) in [5.74, 6) is 0.584. The van der Waals surface area contributed by atoms with Crippen LogP contribution >= 0.6 is 0 Å². The molecule has 96 valence electrons. The lowest BCUT2D eigenvalue weighted by atomic mass is 10.1. The van der Waals surface area contributed by atoms with E-state index < -0.39 is 0 Å². The Morgan fingerprint density at radius 1 is 1.39 bits per heavy atom. The van der Waals surface area contributed by atoms with E-state index in [1.54, 1.807) is 12.3 Å². The van der Waals surface area contributed by atoms with E-state index in [2.05, 4.69) is 17.2 Å². The lowest BCUT2D eigenvalue weighted by molar-refractivity contribution is 0.443. The van der Waals surface area contributed by atoms with E-state index >= 15 is 0 Å². The molecule has 0 aromatic carbocycles. The van der Waals surface area contributed by atoms with Gasteiger partial charge in [0.15, 0.2) is 0 Å². The Bertz CT molecular complexity index is 453. The van der Waals surface area contributed by atoms with Gasteiger partial charge in [-0.2, -0.15) is 0 Å². The summed E-state index contributed by atoms with van der Waals surface area (Å²) in [6.07, 6.45) is 4.66. The number of halogens is 1. The summed E-state index contributed by atoms with van der Waals surface area (Å²) >= 11 is 0. The van der Waals surface area contributed by atoms with Gasteiger partial charge < -0.3 is 9.73 Å². The molecular formula is C14H17FN2O. The van der Waals surface area contributed by atoms with Crippen LogP contribution in [0.15, 0.2) is 41.1 Å². The normalized spacial score (nSPS) is 12.6. The molecule has 1 unspecified atom stereocenters. The Balaban J connectivity index is 2.11. The largest absolute Gasteiger partial charge is 0.469 e. The summed E-state index contributed by atoms with van der Waals surface area (Å²) < 4.78 is 18.2. The molecule has 2 heterocycles. The van der Waals surface area contributed by atoms with Gasteiger partial charge in [0.1, 0.15) is 11.6 Å². The molecule has 4 heteroatoms. The van der Waals surface area contributed by atoms with E-state index in [-0.39, 0.29) is 11.9 Å². The number of hydrogen-bond donors (Lipinski definition) is 1. The highest BCUT2D eigenvalue weighted by molar-refractivity contribution is 5.13. The maximum atomic E-state index is 12.9. The quantitative estimate of drug-likeness (QED) is 0.853. The molecule has 3 nitrogen and oxygen atoms in total. The fraction of sp³-hybridized carbons (Fsp3) is 0.357. The summed E-state index contributed by atoms with van der Waals surface area (Å²) in [4.78, 5) is 4.13. The van der Waals surface area contributed by atoms with Gasteiger partial charge in [0.25, 0.3) is 0 Å². The Morgan fingerprint density at radius 2 is 2.28 bits per heavy atom. The summed E-state index contributed by atoms with van der Waals surface area (Å²) in [7, 11) is 0. The smallest absolute Gasteiger partial charge is 0.141 e. The number of hydrogen-bond acceptors (Lipinski definition) is 3. The summed E-state index contributed by atoms with van der Waals surface area (Å²) in [6.45, 7) is 3.00. The monoisotopic (exact) mass is 248 g/mol. The number of furan rings is 1. The number of aromatic nitrogens is 1. The highest BCUT2D eigenvalue weighted by Crippen LogP contribution is 2.17. The van der Waals surface area contributed by atoms with E-state index in [0.29, 0.717) is 6.42 Å². The molecule has 1 N–H and O–H groups in total. The Kier molecular flexibility index (Phi) is 4.47. The average Bonchev–Trinajstić information content (AvgIpc) is 2.88. The average molecular weight is 248 g/mol. The van der Waals surface area contributed by atoms with Crippen molar-refractivity contribution in [2.45, 2.75) is 25.8 Å². The molecule has 0 radical (unpaired) electrons. The van der Waals surface area contributed by atoms with Gasteiger partial charge in [-0.1, -0.05) is 6.92 Å². The second-order valence-electron chi connectivity index (χ2n) is 4.19. The molecule has 0 aliphatic heterocycles. The summed E-state index contributed by atoms with van der Waals surface area (Å²) in [5.41, 5.74) is 0.834. The second-order valence-corrected chi connectivity index (χ2v) is 4.19. The van der Waals surface area contributed by atoms with Crippen LogP contribution in [0.1, 0.15) is 30.8 Å². The van der Waals surface area contributed by atoms with Crippen molar-refractivity contribution in [2.75, 3.05) is 6.54 Å². The number of pyridine rings is 1. The van der Waals surface area contributed by atoms with E-state index in [4.69, 9.17) is 4.42 Å². The highest BCUT2D eigenvalue weighted by atomic mass is 19.1. The first-order valence-electron chi connectivity index (χ1n) is 6.17. The molecule has 0 fully saturated rings. The molecular weight excluding hydrogens is 231 g/mol. The summed E-state index contributed by atoms with van der Waals surface area (Å²) in [6, 6.07) is 7.00. The van der Waals surface area contributed by atoms with Crippen LogP contribution in [0, 0.1) is 5.82 Å². The topological polar surface area (TPSA) is 38.1 Å². The van der Waals surface area contributed by atoms with Gasteiger partial charge in [0.2, 0.25) is 0 Å². The zero-order valence-electron chi connectivity index (χ0n) is 10.4. The van der Waals surface area contributed by atoms with E-state index in [1.165, 1.54) is 12.3 Å². The lowest BCUT2D eigenvalue weighted by Crippen LogP contribution is -2.24. The predicted molar refractivity (Wildman–Crippen MR) is 67.6 cm³/mol. The minimum atomic E-state index is -0.314. The van der Waals surface area contributed by atoms with Crippen molar-refractivity contribution in [2.24, 2.45) is 0 Å². The van der Waals surface area contributed by atoms with Gasteiger partial charge in [-0.3, -0.25) is 4.98 Å². The first-order valence-corrected chi connectivity index (χ1v) is 6.17. The van der Waals surface area contributed by atoms with Crippen molar-refractivity contribution < 1.29 is 8.81 Å². The van der Waals surface area contributed by atoms with Gasteiger partial charge in [-0.05, 0) is 37.2 Å². The van der Waals surface area contributed by atoms with Crippen LogP contribution in [-0.2, 0) is 6.42 Å². The van der Waals surface area contributed by atoms with Crippen LogP contribution in [-0.4, -0.2) is 11.5 Å². The third-order valence-electron chi connectivity index (χ3n) is 2.73. The van der Waals surface area contributed by atoms with E-state index in [1.807, 2.05) is 12.1 Å². The third-order valence-corrected chi connectivity index (χ3v) is 2.73. The highest BCUT2D eigenvalue weighted by Gasteiger charge is 2.14. The van der Waals surface area contributed by atoms with Crippen LogP contribution in [0.25, 0.3) is 0 Å². The van der Waals surface area contributed by atoms with Crippen LogP contribution in [0.3, 0.4) is 0 Å². The predicted octanol–water partition coefficient (Wildman–Crippen LogP) is 3.10. The fourth-order valence-electron chi connectivity index (χ4n) is 1.82. The first kappa shape index (κ1) is 12.8. The molecule has 0 bridgehead atoms. The Hall–Kier alpha value is -1.68. The van der Waals surface area contributed by atoms with Crippen molar-refractivity contribution in [1.29, 1.82) is 0 Å². The maximum Gasteiger partial charge on any atom is 0.141 e. The van der Waals surface area contributed by atoms with Crippen LogP contribution in [0.4, 0.5) is 4.39 Å². The van der Waals surface area contributed by atoms with Crippen molar-refractivity contribution >= 4 is 0 Å². The fourth-order valence-corrected chi connectivity index (χ4v) is 1.82. The van der Waals surface area contributed by atoms with Gasteiger partial charge in [0, 0.05) is 6.42 Å². The third kappa shape index (κ3) is 3.40. The Morgan fingerprint density at radius 3 is 2.89 bits per heavy atom. The number of rotatable bonds is 6. The van der Waals surface area contributed by atoms with E-state index in [9.17, 15) is 4.39 Å². The second kappa shape index (κ2) is 6.31. The zero-order chi connectivity index (χ0) is 12.8. The van der Waals surface area contributed by atoms with E-state index in [0.717, 1.165) is 24.4 Å². The number of nitrogens with one attached hydrogen (secondary N) is 1. The molecule has 0 aliphatic carbocycles. The zero-order valence-corrected chi connectivity index (χ0v) is 10.4. The molecule has 18 heavy (non-hydrogen) atoms. The van der Waals surface area contributed by atoms with Crippen molar-refractivity contribution in [3.8, 4) is 0 Å². The molecule has 0 aliphatic rings. The minimum absolute atomic E-state index is 0.0525. The molecule has 2 aromatic rings. The SMILES string of the molecule is CCCNC(Cc1ccco1)c1ccc(F)cn1. The van der Waals surface area contributed by atoms with Crippen LogP contribution < -0.4 is 5.32 Å². The Labute approximate surface area is 106 Å². The van der Waals surface area contributed by atoms with Crippen LogP contribution in [0.2, 0.25) is 0 Å². The lowest BCUT2D eigenvalue weighted by Gasteiger charge is -2.16. The van der Waals surface area contributed by atoms with Crippen molar-refractivity contribution in [3.63, 3.8) is 0 Å². The summed E-state index contributed by atoms with van der Waals surface area (Å²) in [5, 5.41) is 3.40. The molecule has 2 aromatic heterocycles. The van der Waals surface area contributed by atoms with Gasteiger partial charge >= 0.3 is 0 Å². The molecule has 0 spiro atoms. The van der Waals surface area contributed by atoms with Gasteiger partial charge in [0.05, 0.1) is 24.2 Å². The molecule has 0 saturated carbocycles. The van der Waals surface area contributed by atoms with Crippen molar-refractivity contribution in [3.05, 3.63) is 54.0 Å². The van der Waals surface area contributed by atoms with Gasteiger partial charge in [-0.15, -0.1) is 0 Å². The maximum absolute atomic E-state index is 12.9. The number of nitrogens with zero attached hydrogens (tertiary/aromatic N) is 1.